The van der Waals surface area contributed by atoms with Crippen LogP contribution in [0, 0.1) is 0 Å². The van der Waals surface area contributed by atoms with E-state index in [1.54, 1.807) is 11.6 Å². The van der Waals surface area contributed by atoms with E-state index in [0.717, 1.165) is 23.3 Å². The summed E-state index contributed by atoms with van der Waals surface area (Å²) in [6.45, 7) is 2.22. The van der Waals surface area contributed by atoms with Gasteiger partial charge in [0.2, 0.25) is 0 Å². The third-order valence-electron chi connectivity index (χ3n) is 2.79. The van der Waals surface area contributed by atoms with Crippen molar-refractivity contribution in [2.45, 2.75) is 19.8 Å². The number of benzene rings is 1. The molecule has 0 bridgehead atoms. The molecule has 0 spiro atoms. The van der Waals surface area contributed by atoms with Crippen LogP contribution in [0.2, 0.25) is 0 Å². The first-order chi connectivity index (χ1) is 9.13. The van der Waals surface area contributed by atoms with E-state index >= 15 is 0 Å². The van der Waals surface area contributed by atoms with Crippen molar-refractivity contribution in [1.82, 2.24) is 9.78 Å². The van der Waals surface area contributed by atoms with Gasteiger partial charge in [-0.3, -0.25) is 9.48 Å². The predicted molar refractivity (Wildman–Crippen MR) is 73.2 cm³/mol. The number of ether oxygens (including phenoxy) is 1. The Kier molecular flexibility index (Phi) is 4.34. The molecule has 19 heavy (non-hydrogen) atoms. The van der Waals surface area contributed by atoms with Gasteiger partial charge < -0.3 is 4.74 Å². The Labute approximate surface area is 113 Å². The monoisotopic (exact) mass is 258 g/mol. The molecule has 100 valence electrons. The van der Waals surface area contributed by atoms with Crippen LogP contribution in [0.25, 0.3) is 0 Å². The van der Waals surface area contributed by atoms with Crippen molar-refractivity contribution in [2.75, 3.05) is 6.61 Å². The minimum Gasteiger partial charge on any atom is -0.493 e. The topological polar surface area (TPSA) is 44.1 Å². The molecule has 1 aromatic heterocycles. The van der Waals surface area contributed by atoms with Gasteiger partial charge in [0.25, 0.3) is 0 Å². The maximum absolute atomic E-state index is 11.0. The Hall–Kier alpha value is -2.10. The first-order valence-electron chi connectivity index (χ1n) is 6.32. The molecule has 0 aliphatic heterocycles. The normalized spacial score (nSPS) is 10.4. The van der Waals surface area contributed by atoms with E-state index in [4.69, 9.17) is 4.74 Å². The van der Waals surface area contributed by atoms with E-state index in [0.29, 0.717) is 13.0 Å². The molecule has 4 heteroatoms. The fourth-order valence-electron chi connectivity index (χ4n) is 1.88. The maximum Gasteiger partial charge on any atom is 0.134 e. The summed E-state index contributed by atoms with van der Waals surface area (Å²) in [4.78, 5) is 11.0. The quantitative estimate of drug-likeness (QED) is 0.797. The predicted octanol–water partition coefficient (Wildman–Crippen LogP) is 2.17. The Morgan fingerprint density at radius 3 is 2.58 bits per heavy atom. The van der Waals surface area contributed by atoms with E-state index in [-0.39, 0.29) is 5.78 Å². The van der Waals surface area contributed by atoms with Crippen LogP contribution in [-0.4, -0.2) is 22.2 Å². The van der Waals surface area contributed by atoms with E-state index in [1.807, 2.05) is 43.7 Å². The summed E-state index contributed by atoms with van der Waals surface area (Å²) in [7, 11) is 1.90. The summed E-state index contributed by atoms with van der Waals surface area (Å²) in [5.41, 5.74) is 2.18. The van der Waals surface area contributed by atoms with Crippen molar-refractivity contribution >= 4 is 5.78 Å². The first kappa shape index (κ1) is 13.3. The third-order valence-corrected chi connectivity index (χ3v) is 2.79. The van der Waals surface area contributed by atoms with Gasteiger partial charge in [-0.1, -0.05) is 12.1 Å². The Bertz CT molecular complexity index is 544. The molecule has 0 saturated carbocycles. The molecule has 1 aromatic carbocycles. The van der Waals surface area contributed by atoms with Gasteiger partial charge in [-0.25, -0.2) is 0 Å². The lowest BCUT2D eigenvalue weighted by Crippen LogP contribution is -2.01. The molecule has 0 aliphatic carbocycles. The Balaban J connectivity index is 1.81. The summed E-state index contributed by atoms with van der Waals surface area (Å²) in [6, 6.07) is 7.67. The molecule has 0 amide bonds. The lowest BCUT2D eigenvalue weighted by atomic mass is 10.1. The van der Waals surface area contributed by atoms with Crippen LogP contribution in [0.4, 0.5) is 0 Å². The SMILES string of the molecule is CC(=O)Cc1ccc(OCCc2cnn(C)c2)cc1. The van der Waals surface area contributed by atoms with Crippen molar-refractivity contribution < 1.29 is 9.53 Å². The second kappa shape index (κ2) is 6.18. The van der Waals surface area contributed by atoms with Crippen LogP contribution < -0.4 is 4.74 Å². The molecule has 0 atom stereocenters. The second-order valence-electron chi connectivity index (χ2n) is 4.64. The molecule has 2 rings (SSSR count). The van der Waals surface area contributed by atoms with E-state index in [9.17, 15) is 4.79 Å². The van der Waals surface area contributed by atoms with Crippen LogP contribution in [-0.2, 0) is 24.7 Å². The Morgan fingerprint density at radius 2 is 2.00 bits per heavy atom. The molecule has 0 unspecified atom stereocenters. The summed E-state index contributed by atoms with van der Waals surface area (Å²) in [5.74, 6) is 1.00. The van der Waals surface area contributed by atoms with Gasteiger partial charge >= 0.3 is 0 Å². The van der Waals surface area contributed by atoms with Crippen molar-refractivity contribution in [1.29, 1.82) is 0 Å². The molecule has 4 nitrogen and oxygen atoms in total. The van der Waals surface area contributed by atoms with Gasteiger partial charge in [0, 0.05) is 26.1 Å². The van der Waals surface area contributed by atoms with Gasteiger partial charge in [-0.2, -0.15) is 5.10 Å². The fourth-order valence-corrected chi connectivity index (χ4v) is 1.88. The number of ketones is 1. The van der Waals surface area contributed by atoms with Crippen LogP contribution >= 0.6 is 0 Å². The highest BCUT2D eigenvalue weighted by atomic mass is 16.5. The zero-order chi connectivity index (χ0) is 13.7. The van der Waals surface area contributed by atoms with Crippen molar-refractivity contribution in [3.8, 4) is 5.75 Å². The summed E-state index contributed by atoms with van der Waals surface area (Å²) >= 11 is 0. The zero-order valence-electron chi connectivity index (χ0n) is 11.3. The van der Waals surface area contributed by atoms with Gasteiger partial charge in [-0.15, -0.1) is 0 Å². The Morgan fingerprint density at radius 1 is 1.26 bits per heavy atom. The smallest absolute Gasteiger partial charge is 0.134 e. The molecule has 0 fully saturated rings. The third kappa shape index (κ3) is 4.25. The highest BCUT2D eigenvalue weighted by molar-refractivity contribution is 5.78. The van der Waals surface area contributed by atoms with Gasteiger partial charge in [0.1, 0.15) is 11.5 Å². The minimum absolute atomic E-state index is 0.172. The molecular weight excluding hydrogens is 240 g/mol. The van der Waals surface area contributed by atoms with Gasteiger partial charge in [0.05, 0.1) is 12.8 Å². The van der Waals surface area contributed by atoms with E-state index < -0.39 is 0 Å². The average Bonchev–Trinajstić information content (AvgIpc) is 2.77. The maximum atomic E-state index is 11.0. The molecule has 2 aromatic rings. The number of aromatic nitrogens is 2. The standard InChI is InChI=1S/C15H18N2O2/c1-12(18)9-13-3-5-15(6-4-13)19-8-7-14-10-16-17(2)11-14/h3-6,10-11H,7-9H2,1-2H3. The number of rotatable bonds is 6. The van der Waals surface area contributed by atoms with E-state index in [2.05, 4.69) is 5.10 Å². The number of nitrogens with zero attached hydrogens (tertiary/aromatic N) is 2. The summed E-state index contributed by atoms with van der Waals surface area (Å²) in [5, 5.41) is 4.11. The molecule has 0 aliphatic rings. The van der Waals surface area contributed by atoms with Gasteiger partial charge in [0.15, 0.2) is 0 Å². The average molecular weight is 258 g/mol. The number of hydrogen-bond acceptors (Lipinski definition) is 3. The highest BCUT2D eigenvalue weighted by Gasteiger charge is 2.00. The van der Waals surface area contributed by atoms with Crippen LogP contribution in [0.1, 0.15) is 18.1 Å². The molecule has 0 radical (unpaired) electrons. The van der Waals surface area contributed by atoms with Crippen LogP contribution in [0.5, 0.6) is 5.75 Å². The zero-order valence-corrected chi connectivity index (χ0v) is 11.3. The largest absolute Gasteiger partial charge is 0.493 e. The number of Topliss-reactive ketones (excluding diaryl/α,β-unsaturated/α-hetero) is 1. The fraction of sp³-hybridized carbons (Fsp3) is 0.333. The summed E-state index contributed by atoms with van der Waals surface area (Å²) in [6.07, 6.45) is 5.15. The number of carbonyl (C=O) groups excluding carboxylic acids is 1. The lowest BCUT2D eigenvalue weighted by molar-refractivity contribution is -0.116. The molecule has 1 heterocycles. The lowest BCUT2D eigenvalue weighted by Gasteiger charge is -2.06. The van der Waals surface area contributed by atoms with Crippen LogP contribution in [0.15, 0.2) is 36.7 Å². The number of aryl methyl sites for hydroxylation is 1. The first-order valence-corrected chi connectivity index (χ1v) is 6.32. The van der Waals surface area contributed by atoms with Crippen LogP contribution in [0.3, 0.4) is 0 Å². The van der Waals surface area contributed by atoms with Crippen molar-refractivity contribution in [3.05, 3.63) is 47.8 Å². The molecule has 0 saturated heterocycles. The molecule has 0 N–H and O–H groups in total. The molecular formula is C15H18N2O2. The number of carbonyl (C=O) groups is 1. The van der Waals surface area contributed by atoms with Gasteiger partial charge in [-0.05, 0) is 30.2 Å². The highest BCUT2D eigenvalue weighted by Crippen LogP contribution is 2.13. The summed E-state index contributed by atoms with van der Waals surface area (Å²) < 4.78 is 7.44. The van der Waals surface area contributed by atoms with Crippen molar-refractivity contribution in [2.24, 2.45) is 7.05 Å². The van der Waals surface area contributed by atoms with E-state index in [1.165, 1.54) is 0 Å². The number of hydrogen-bond donors (Lipinski definition) is 0. The second-order valence-corrected chi connectivity index (χ2v) is 4.64. The minimum atomic E-state index is 0.172. The van der Waals surface area contributed by atoms with Crippen molar-refractivity contribution in [3.63, 3.8) is 0 Å².